The van der Waals surface area contributed by atoms with Gasteiger partial charge in [0.05, 0.1) is 19.9 Å². The zero-order valence-corrected chi connectivity index (χ0v) is 16.1. The zero-order valence-electron chi connectivity index (χ0n) is 16.1. The SMILES string of the molecule is C/C=C/c1ccc(OCCOC(=O)Nc2cc(C)ccc2OC)c(OC)c1. The highest BCUT2D eigenvalue weighted by molar-refractivity contribution is 5.86. The molecule has 0 aliphatic rings. The van der Waals surface area contributed by atoms with E-state index in [1.54, 1.807) is 20.3 Å². The number of ether oxygens (including phenoxy) is 4. The summed E-state index contributed by atoms with van der Waals surface area (Å²) < 4.78 is 21.4. The molecule has 0 atom stereocenters. The predicted octanol–water partition coefficient (Wildman–Crippen LogP) is 4.67. The lowest BCUT2D eigenvalue weighted by molar-refractivity contribution is 0.136. The van der Waals surface area contributed by atoms with Gasteiger partial charge in [0.15, 0.2) is 11.5 Å². The molecule has 0 heterocycles. The van der Waals surface area contributed by atoms with E-state index in [2.05, 4.69) is 5.32 Å². The van der Waals surface area contributed by atoms with Gasteiger partial charge in [-0.25, -0.2) is 4.79 Å². The number of allylic oxidation sites excluding steroid dienone is 1. The average molecular weight is 371 g/mol. The van der Waals surface area contributed by atoms with Crippen molar-refractivity contribution in [2.45, 2.75) is 13.8 Å². The Balaban J connectivity index is 1.85. The number of aryl methyl sites for hydroxylation is 1. The highest BCUT2D eigenvalue weighted by Crippen LogP contribution is 2.28. The Morgan fingerprint density at radius 3 is 2.44 bits per heavy atom. The Morgan fingerprint density at radius 1 is 1.00 bits per heavy atom. The summed E-state index contributed by atoms with van der Waals surface area (Å²) in [5.41, 5.74) is 2.58. The maximum Gasteiger partial charge on any atom is 0.411 e. The van der Waals surface area contributed by atoms with Crippen LogP contribution in [0.5, 0.6) is 17.2 Å². The zero-order chi connectivity index (χ0) is 19.6. The van der Waals surface area contributed by atoms with Crippen molar-refractivity contribution in [3.05, 3.63) is 53.6 Å². The third-order valence-corrected chi connectivity index (χ3v) is 3.71. The summed E-state index contributed by atoms with van der Waals surface area (Å²) in [4.78, 5) is 12.0. The first-order valence-corrected chi connectivity index (χ1v) is 8.59. The molecule has 0 aliphatic carbocycles. The number of benzene rings is 2. The van der Waals surface area contributed by atoms with Crippen molar-refractivity contribution in [2.75, 3.05) is 32.8 Å². The molecule has 2 rings (SSSR count). The first-order chi connectivity index (χ1) is 13.1. The third-order valence-electron chi connectivity index (χ3n) is 3.71. The minimum absolute atomic E-state index is 0.0970. The Labute approximate surface area is 159 Å². The molecule has 0 fully saturated rings. The van der Waals surface area contributed by atoms with Crippen LogP contribution < -0.4 is 19.5 Å². The van der Waals surface area contributed by atoms with Gasteiger partial charge in [-0.05, 0) is 49.2 Å². The van der Waals surface area contributed by atoms with Crippen LogP contribution in [-0.4, -0.2) is 33.5 Å². The van der Waals surface area contributed by atoms with E-state index in [9.17, 15) is 4.79 Å². The van der Waals surface area contributed by atoms with Crippen molar-refractivity contribution in [1.82, 2.24) is 0 Å². The lowest BCUT2D eigenvalue weighted by atomic mass is 10.2. The van der Waals surface area contributed by atoms with Gasteiger partial charge >= 0.3 is 6.09 Å². The monoisotopic (exact) mass is 371 g/mol. The lowest BCUT2D eigenvalue weighted by Gasteiger charge is -2.13. The minimum Gasteiger partial charge on any atom is -0.495 e. The Bertz CT molecular complexity index is 801. The molecule has 2 aromatic carbocycles. The van der Waals surface area contributed by atoms with Gasteiger partial charge in [-0.1, -0.05) is 24.3 Å². The van der Waals surface area contributed by atoms with E-state index in [0.717, 1.165) is 11.1 Å². The van der Waals surface area contributed by atoms with Gasteiger partial charge in [-0.3, -0.25) is 5.32 Å². The topological polar surface area (TPSA) is 66.0 Å². The fourth-order valence-electron chi connectivity index (χ4n) is 2.45. The van der Waals surface area contributed by atoms with E-state index in [4.69, 9.17) is 18.9 Å². The van der Waals surface area contributed by atoms with E-state index in [-0.39, 0.29) is 13.2 Å². The molecule has 0 spiro atoms. The molecule has 1 amide bonds. The second-order valence-electron chi connectivity index (χ2n) is 5.72. The first kappa shape index (κ1) is 20.2. The minimum atomic E-state index is -0.571. The first-order valence-electron chi connectivity index (χ1n) is 8.59. The van der Waals surface area contributed by atoms with Gasteiger partial charge in [0.25, 0.3) is 0 Å². The van der Waals surface area contributed by atoms with Crippen LogP contribution in [0.25, 0.3) is 6.08 Å². The summed E-state index contributed by atoms with van der Waals surface area (Å²) in [6.45, 7) is 4.18. The Kier molecular flexibility index (Phi) is 7.55. The van der Waals surface area contributed by atoms with Crippen molar-refractivity contribution in [3.63, 3.8) is 0 Å². The molecule has 0 bridgehead atoms. The summed E-state index contributed by atoms with van der Waals surface area (Å²) in [6, 6.07) is 11.1. The van der Waals surface area contributed by atoms with Crippen molar-refractivity contribution in [2.24, 2.45) is 0 Å². The van der Waals surface area contributed by atoms with Crippen molar-refractivity contribution in [3.8, 4) is 17.2 Å². The molecule has 0 saturated heterocycles. The van der Waals surface area contributed by atoms with Gasteiger partial charge in [-0.2, -0.15) is 0 Å². The van der Waals surface area contributed by atoms with Crippen LogP contribution >= 0.6 is 0 Å². The van der Waals surface area contributed by atoms with E-state index < -0.39 is 6.09 Å². The van der Waals surface area contributed by atoms with Crippen LogP contribution in [0.3, 0.4) is 0 Å². The third kappa shape index (κ3) is 5.95. The molecule has 0 aromatic heterocycles. The Hall–Kier alpha value is -3.15. The quantitative estimate of drug-likeness (QED) is 0.683. The predicted molar refractivity (Wildman–Crippen MR) is 106 cm³/mol. The smallest absolute Gasteiger partial charge is 0.411 e. The van der Waals surface area contributed by atoms with Crippen molar-refractivity contribution < 1.29 is 23.7 Å². The van der Waals surface area contributed by atoms with Crippen LogP contribution in [0, 0.1) is 6.92 Å². The number of anilines is 1. The van der Waals surface area contributed by atoms with Gasteiger partial charge in [0.1, 0.15) is 19.0 Å². The number of nitrogens with one attached hydrogen (secondary N) is 1. The number of methoxy groups -OCH3 is 2. The fraction of sp³-hybridized carbons (Fsp3) is 0.286. The van der Waals surface area contributed by atoms with Gasteiger partial charge in [0, 0.05) is 0 Å². The van der Waals surface area contributed by atoms with Gasteiger partial charge in [-0.15, -0.1) is 0 Å². The van der Waals surface area contributed by atoms with Crippen LogP contribution in [0.1, 0.15) is 18.1 Å². The van der Waals surface area contributed by atoms with Crippen molar-refractivity contribution >= 4 is 17.9 Å². The molecule has 0 saturated carbocycles. The molecule has 6 nitrogen and oxygen atoms in total. The molecule has 27 heavy (non-hydrogen) atoms. The number of hydrogen-bond donors (Lipinski definition) is 1. The van der Waals surface area contributed by atoms with E-state index in [1.165, 1.54) is 0 Å². The largest absolute Gasteiger partial charge is 0.495 e. The number of rotatable bonds is 8. The molecule has 2 aromatic rings. The normalized spacial score (nSPS) is 10.5. The lowest BCUT2D eigenvalue weighted by Crippen LogP contribution is -2.18. The fourth-order valence-corrected chi connectivity index (χ4v) is 2.45. The molecule has 1 N–H and O–H groups in total. The van der Waals surface area contributed by atoms with Crippen LogP contribution in [0.2, 0.25) is 0 Å². The molecule has 0 unspecified atom stereocenters. The highest BCUT2D eigenvalue weighted by atomic mass is 16.6. The molecule has 144 valence electrons. The molecule has 0 aliphatic heterocycles. The van der Waals surface area contributed by atoms with Gasteiger partial charge in [0.2, 0.25) is 0 Å². The van der Waals surface area contributed by atoms with E-state index >= 15 is 0 Å². The van der Waals surface area contributed by atoms with Crippen LogP contribution in [0.15, 0.2) is 42.5 Å². The Morgan fingerprint density at radius 2 is 1.74 bits per heavy atom. The standard InChI is InChI=1S/C21H25NO5/c1-5-6-16-8-10-19(20(14-16)25-4)26-11-12-27-21(23)22-17-13-15(2)7-9-18(17)24-3/h5-10,13-14H,11-12H2,1-4H3,(H,22,23)/b6-5+. The number of amides is 1. The number of hydrogen-bond acceptors (Lipinski definition) is 5. The molecule has 6 heteroatoms. The summed E-state index contributed by atoms with van der Waals surface area (Å²) in [5.74, 6) is 1.79. The number of carbonyl (C=O) groups is 1. The van der Waals surface area contributed by atoms with Crippen molar-refractivity contribution in [1.29, 1.82) is 0 Å². The summed E-state index contributed by atoms with van der Waals surface area (Å²) >= 11 is 0. The molecular weight excluding hydrogens is 346 g/mol. The average Bonchev–Trinajstić information content (AvgIpc) is 2.66. The maximum atomic E-state index is 12.0. The molecular formula is C21H25NO5. The second kappa shape index (κ2) is 10.1. The molecule has 0 radical (unpaired) electrons. The van der Waals surface area contributed by atoms with Gasteiger partial charge < -0.3 is 18.9 Å². The van der Waals surface area contributed by atoms with E-state index in [1.807, 2.05) is 56.3 Å². The van der Waals surface area contributed by atoms with E-state index in [0.29, 0.717) is 22.9 Å². The van der Waals surface area contributed by atoms with Crippen LogP contribution in [-0.2, 0) is 4.74 Å². The number of carbonyl (C=O) groups excluding carboxylic acids is 1. The summed E-state index contributed by atoms with van der Waals surface area (Å²) in [5, 5.41) is 2.67. The maximum absolute atomic E-state index is 12.0. The summed E-state index contributed by atoms with van der Waals surface area (Å²) in [7, 11) is 3.13. The van der Waals surface area contributed by atoms with Crippen LogP contribution in [0.4, 0.5) is 10.5 Å². The highest BCUT2D eigenvalue weighted by Gasteiger charge is 2.09. The summed E-state index contributed by atoms with van der Waals surface area (Å²) in [6.07, 6.45) is 3.35. The second-order valence-corrected chi connectivity index (χ2v) is 5.72.